The summed E-state index contributed by atoms with van der Waals surface area (Å²) in [6, 6.07) is 10.7. The molecular weight excluding hydrogens is 226 g/mol. The summed E-state index contributed by atoms with van der Waals surface area (Å²) in [5, 5.41) is 3.47. The van der Waals surface area contributed by atoms with Crippen LogP contribution in [0.3, 0.4) is 0 Å². The summed E-state index contributed by atoms with van der Waals surface area (Å²) in [6.07, 6.45) is 1.42. The number of hydrogen-bond donors (Lipinski definition) is 2. The number of hydrogen-bond acceptors (Lipinski definition) is 3. The Labute approximate surface area is 108 Å². The topological polar surface area (TPSA) is 58.4 Å². The van der Waals surface area contributed by atoms with E-state index in [9.17, 15) is 4.79 Å². The molecule has 1 heterocycles. The van der Waals surface area contributed by atoms with Gasteiger partial charge in [-0.3, -0.25) is 4.79 Å². The van der Waals surface area contributed by atoms with E-state index in [1.54, 1.807) is 0 Å². The zero-order chi connectivity index (χ0) is 12.8. The lowest BCUT2D eigenvalue weighted by Crippen LogP contribution is -2.53. The highest BCUT2D eigenvalue weighted by atomic mass is 16.2. The second kappa shape index (κ2) is 6.52. The van der Waals surface area contributed by atoms with Gasteiger partial charge in [0, 0.05) is 38.6 Å². The van der Waals surface area contributed by atoms with E-state index >= 15 is 0 Å². The number of carbonyl (C=O) groups excluding carboxylic acids is 1. The largest absolute Gasteiger partial charge is 0.340 e. The van der Waals surface area contributed by atoms with Crippen molar-refractivity contribution in [2.24, 2.45) is 5.73 Å². The predicted octanol–water partition coefficient (Wildman–Crippen LogP) is 0.378. The first-order valence-corrected chi connectivity index (χ1v) is 6.54. The van der Waals surface area contributed by atoms with Crippen LogP contribution in [0.4, 0.5) is 0 Å². The number of nitrogens with two attached hydrogens (primary N) is 1. The molecule has 0 bridgehead atoms. The van der Waals surface area contributed by atoms with E-state index in [0.29, 0.717) is 19.0 Å². The molecule has 1 aliphatic heterocycles. The standard InChI is InChI=1S/C14H21N3O/c15-7-6-14(18)17-9-8-16-13(11-17)10-12-4-2-1-3-5-12/h1-5,13,16H,6-11,15H2. The Morgan fingerprint density at radius 2 is 2.17 bits per heavy atom. The zero-order valence-corrected chi connectivity index (χ0v) is 10.6. The summed E-state index contributed by atoms with van der Waals surface area (Å²) in [7, 11) is 0. The second-order valence-electron chi connectivity index (χ2n) is 4.72. The minimum Gasteiger partial charge on any atom is -0.340 e. The Balaban J connectivity index is 1.89. The highest BCUT2D eigenvalue weighted by Crippen LogP contribution is 2.08. The molecule has 1 amide bonds. The summed E-state index contributed by atoms with van der Waals surface area (Å²) in [5.74, 6) is 0.178. The Bertz CT molecular complexity index is 380. The van der Waals surface area contributed by atoms with Gasteiger partial charge in [0.25, 0.3) is 0 Å². The number of amides is 1. The van der Waals surface area contributed by atoms with Crippen LogP contribution in [0, 0.1) is 0 Å². The Kier molecular flexibility index (Phi) is 4.73. The van der Waals surface area contributed by atoms with Gasteiger partial charge in [-0.15, -0.1) is 0 Å². The van der Waals surface area contributed by atoms with E-state index in [1.807, 2.05) is 11.0 Å². The average Bonchev–Trinajstić information content (AvgIpc) is 2.40. The molecule has 2 rings (SSSR count). The molecule has 0 aromatic heterocycles. The van der Waals surface area contributed by atoms with E-state index < -0.39 is 0 Å². The van der Waals surface area contributed by atoms with Crippen LogP contribution < -0.4 is 11.1 Å². The molecule has 3 N–H and O–H groups in total. The van der Waals surface area contributed by atoms with Crippen molar-refractivity contribution in [1.82, 2.24) is 10.2 Å². The van der Waals surface area contributed by atoms with Crippen LogP contribution in [0.1, 0.15) is 12.0 Å². The lowest BCUT2D eigenvalue weighted by Gasteiger charge is -2.34. The first kappa shape index (κ1) is 13.1. The number of benzene rings is 1. The lowest BCUT2D eigenvalue weighted by atomic mass is 10.0. The molecule has 1 unspecified atom stereocenters. The third kappa shape index (κ3) is 3.55. The quantitative estimate of drug-likeness (QED) is 0.808. The molecule has 1 aromatic rings. The third-order valence-corrected chi connectivity index (χ3v) is 3.29. The van der Waals surface area contributed by atoms with Gasteiger partial charge in [-0.05, 0) is 12.0 Å². The molecule has 1 atom stereocenters. The van der Waals surface area contributed by atoms with Crippen LogP contribution in [0.2, 0.25) is 0 Å². The van der Waals surface area contributed by atoms with E-state index in [0.717, 1.165) is 26.1 Å². The first-order chi connectivity index (χ1) is 8.79. The number of piperazine rings is 1. The minimum absolute atomic E-state index is 0.178. The molecule has 1 aliphatic rings. The van der Waals surface area contributed by atoms with Crippen molar-refractivity contribution in [1.29, 1.82) is 0 Å². The average molecular weight is 247 g/mol. The molecule has 98 valence electrons. The van der Waals surface area contributed by atoms with Gasteiger partial charge in [0.05, 0.1) is 0 Å². The smallest absolute Gasteiger partial charge is 0.223 e. The molecule has 1 aromatic carbocycles. The van der Waals surface area contributed by atoms with Crippen molar-refractivity contribution in [2.75, 3.05) is 26.2 Å². The fourth-order valence-electron chi connectivity index (χ4n) is 2.37. The molecule has 0 aliphatic carbocycles. The van der Waals surface area contributed by atoms with Crippen LogP contribution in [0.5, 0.6) is 0 Å². The fraction of sp³-hybridized carbons (Fsp3) is 0.500. The summed E-state index contributed by atoms with van der Waals surface area (Å²) >= 11 is 0. The van der Waals surface area contributed by atoms with Crippen molar-refractivity contribution in [3.63, 3.8) is 0 Å². The summed E-state index contributed by atoms with van der Waals surface area (Å²) in [5.41, 5.74) is 6.74. The summed E-state index contributed by atoms with van der Waals surface area (Å²) in [6.45, 7) is 2.89. The summed E-state index contributed by atoms with van der Waals surface area (Å²) in [4.78, 5) is 13.7. The normalized spacial score (nSPS) is 19.8. The number of nitrogens with one attached hydrogen (secondary N) is 1. The maximum atomic E-state index is 11.8. The monoisotopic (exact) mass is 247 g/mol. The Morgan fingerprint density at radius 3 is 2.89 bits per heavy atom. The van der Waals surface area contributed by atoms with Crippen molar-refractivity contribution in [3.05, 3.63) is 35.9 Å². The number of rotatable bonds is 4. The lowest BCUT2D eigenvalue weighted by molar-refractivity contribution is -0.132. The van der Waals surface area contributed by atoms with E-state index in [4.69, 9.17) is 5.73 Å². The SMILES string of the molecule is NCCC(=O)N1CCNC(Cc2ccccc2)C1. The molecule has 0 saturated carbocycles. The first-order valence-electron chi connectivity index (χ1n) is 6.54. The van der Waals surface area contributed by atoms with Crippen LogP contribution >= 0.6 is 0 Å². The van der Waals surface area contributed by atoms with Crippen molar-refractivity contribution >= 4 is 5.91 Å². The van der Waals surface area contributed by atoms with Gasteiger partial charge in [-0.25, -0.2) is 0 Å². The van der Waals surface area contributed by atoms with E-state index in [1.165, 1.54) is 5.56 Å². The summed E-state index contributed by atoms with van der Waals surface area (Å²) < 4.78 is 0. The van der Waals surface area contributed by atoms with Gasteiger partial charge in [0.1, 0.15) is 0 Å². The van der Waals surface area contributed by atoms with E-state index in [2.05, 4.69) is 29.6 Å². The molecular formula is C14H21N3O. The minimum atomic E-state index is 0.178. The Hall–Kier alpha value is -1.39. The fourth-order valence-corrected chi connectivity index (χ4v) is 2.37. The molecule has 1 saturated heterocycles. The number of nitrogens with zero attached hydrogens (tertiary/aromatic N) is 1. The van der Waals surface area contributed by atoms with Crippen molar-refractivity contribution < 1.29 is 4.79 Å². The molecule has 4 nitrogen and oxygen atoms in total. The molecule has 0 spiro atoms. The van der Waals surface area contributed by atoms with Crippen LogP contribution in [0.25, 0.3) is 0 Å². The van der Waals surface area contributed by atoms with Crippen LogP contribution in [0.15, 0.2) is 30.3 Å². The van der Waals surface area contributed by atoms with Crippen molar-refractivity contribution in [3.8, 4) is 0 Å². The highest BCUT2D eigenvalue weighted by molar-refractivity contribution is 5.76. The maximum absolute atomic E-state index is 11.8. The van der Waals surface area contributed by atoms with Crippen LogP contribution in [-0.4, -0.2) is 43.0 Å². The van der Waals surface area contributed by atoms with Crippen LogP contribution in [-0.2, 0) is 11.2 Å². The van der Waals surface area contributed by atoms with Gasteiger partial charge in [0.15, 0.2) is 0 Å². The van der Waals surface area contributed by atoms with Gasteiger partial charge >= 0.3 is 0 Å². The third-order valence-electron chi connectivity index (χ3n) is 3.29. The van der Waals surface area contributed by atoms with E-state index in [-0.39, 0.29) is 5.91 Å². The molecule has 1 fully saturated rings. The molecule has 18 heavy (non-hydrogen) atoms. The predicted molar refractivity (Wildman–Crippen MR) is 72.2 cm³/mol. The van der Waals surface area contributed by atoms with Crippen molar-refractivity contribution in [2.45, 2.75) is 18.9 Å². The highest BCUT2D eigenvalue weighted by Gasteiger charge is 2.22. The zero-order valence-electron chi connectivity index (χ0n) is 10.6. The molecule has 0 radical (unpaired) electrons. The second-order valence-corrected chi connectivity index (χ2v) is 4.72. The maximum Gasteiger partial charge on any atom is 0.223 e. The van der Waals surface area contributed by atoms with Gasteiger partial charge in [-0.1, -0.05) is 30.3 Å². The van der Waals surface area contributed by atoms with Gasteiger partial charge in [-0.2, -0.15) is 0 Å². The number of carbonyl (C=O) groups is 1. The van der Waals surface area contributed by atoms with Gasteiger partial charge in [0.2, 0.25) is 5.91 Å². The van der Waals surface area contributed by atoms with Gasteiger partial charge < -0.3 is 16.0 Å². The molecule has 4 heteroatoms. The Morgan fingerprint density at radius 1 is 1.39 bits per heavy atom.